The van der Waals surface area contributed by atoms with E-state index in [2.05, 4.69) is 4.98 Å². The number of anilines is 1. The first kappa shape index (κ1) is 1.47. The fraction of sp³-hybridized carbons (Fsp3) is 0.167. The molecular formula is C6H8N2. The topological polar surface area (TPSA) is 38.9 Å². The summed E-state index contributed by atoms with van der Waals surface area (Å²) in [7, 11) is 0. The lowest BCUT2D eigenvalue weighted by atomic mass is 10.3. The Bertz CT molecular complexity index is 372. The van der Waals surface area contributed by atoms with Gasteiger partial charge in [0.15, 0.2) is 0 Å². The minimum atomic E-state index is -2.57. The molecule has 0 unspecified atom stereocenters. The third-order valence-corrected chi connectivity index (χ3v) is 0.676. The Morgan fingerprint density at radius 2 is 2.88 bits per heavy atom. The lowest BCUT2D eigenvalue weighted by Crippen LogP contribution is -1.90. The smallest absolute Gasteiger partial charge is 0.126 e. The minimum absolute atomic E-state index is 0.379. The summed E-state index contributed by atoms with van der Waals surface area (Å²) in [5.41, 5.74) is 4.82. The molecule has 2 nitrogen and oxygen atoms in total. The van der Waals surface area contributed by atoms with Gasteiger partial charge in [0.2, 0.25) is 0 Å². The van der Waals surface area contributed by atoms with E-state index in [4.69, 9.17) is 14.0 Å². The molecule has 2 N–H and O–H groups in total. The van der Waals surface area contributed by atoms with Crippen LogP contribution in [0.2, 0.25) is 0 Å². The van der Waals surface area contributed by atoms with E-state index in [0.29, 0.717) is 0 Å². The Morgan fingerprint density at radius 3 is 3.62 bits per heavy atom. The molecule has 0 atom stereocenters. The molecule has 8 heavy (non-hydrogen) atoms. The van der Waals surface area contributed by atoms with E-state index < -0.39 is 30.7 Å². The predicted octanol–water partition coefficient (Wildman–Crippen LogP) is 0.972. The monoisotopic (exact) mass is 114 g/mol. The minimum Gasteiger partial charge on any atom is -0.383 e. The summed E-state index contributed by atoms with van der Waals surface area (Å²) in [5.74, 6) is -0.379. The molecular weight excluding hydrogens is 100 g/mol. The molecule has 1 aromatic heterocycles. The number of nitrogens with two attached hydrogens (primary N) is 1. The van der Waals surface area contributed by atoms with Gasteiger partial charge in [-0.15, -0.1) is 0 Å². The first-order chi connectivity index (χ1) is 6.25. The number of hydrogen-bond acceptors (Lipinski definition) is 2. The summed E-state index contributed by atoms with van der Waals surface area (Å²) >= 11 is 0. The van der Waals surface area contributed by atoms with E-state index in [9.17, 15) is 0 Å². The van der Waals surface area contributed by atoms with Crippen molar-refractivity contribution < 1.29 is 8.22 Å². The van der Waals surface area contributed by atoms with E-state index in [-0.39, 0.29) is 5.82 Å². The Hall–Kier alpha value is -1.05. The van der Waals surface area contributed by atoms with Crippen LogP contribution in [0.4, 0.5) is 5.82 Å². The zero-order valence-electron chi connectivity index (χ0n) is 10.0. The summed E-state index contributed by atoms with van der Waals surface area (Å²) < 4.78 is 42.9. The Labute approximate surface area is 56.8 Å². The third-order valence-electron chi connectivity index (χ3n) is 0.676. The molecule has 0 aromatic carbocycles. The molecule has 0 amide bonds. The van der Waals surface area contributed by atoms with Crippen molar-refractivity contribution in [1.82, 2.24) is 4.98 Å². The highest BCUT2D eigenvalue weighted by atomic mass is 14.8. The Morgan fingerprint density at radius 1 is 2.00 bits per heavy atom. The van der Waals surface area contributed by atoms with Gasteiger partial charge in [-0.2, -0.15) is 0 Å². The molecule has 1 aromatic rings. The van der Waals surface area contributed by atoms with E-state index >= 15 is 0 Å². The molecule has 0 aliphatic heterocycles. The Balaban J connectivity index is 3.53. The summed E-state index contributed by atoms with van der Waals surface area (Å²) in [5, 5.41) is 0. The number of nitrogen functional groups attached to an aromatic ring is 1. The maximum absolute atomic E-state index is 7.35. The molecule has 0 spiro atoms. The molecule has 0 saturated heterocycles. The Kier molecular flexibility index (Phi) is 0.334. The number of rotatable bonds is 0. The van der Waals surface area contributed by atoms with Gasteiger partial charge in [-0.25, -0.2) is 4.98 Å². The van der Waals surface area contributed by atoms with E-state index in [1.165, 1.54) is 0 Å². The number of pyridine rings is 1. The standard InChI is InChI=1S/C6H8N2/c1-5-3-2-4-8-6(5)7/h2-4H,1H3,(H2,7,8)/i1D3,2D,3D,4D. The van der Waals surface area contributed by atoms with Crippen molar-refractivity contribution in [2.45, 2.75) is 6.85 Å². The van der Waals surface area contributed by atoms with Crippen LogP contribution in [0.25, 0.3) is 0 Å². The summed E-state index contributed by atoms with van der Waals surface area (Å²) in [6.07, 6.45) is -0.486. The fourth-order valence-corrected chi connectivity index (χ4v) is 0.299. The van der Waals surface area contributed by atoms with Gasteiger partial charge < -0.3 is 5.73 Å². The van der Waals surface area contributed by atoms with Crippen LogP contribution in [-0.4, -0.2) is 4.98 Å². The van der Waals surface area contributed by atoms with Gasteiger partial charge in [-0.05, 0) is 18.5 Å². The maximum atomic E-state index is 7.35. The van der Waals surface area contributed by atoms with Gasteiger partial charge in [0.25, 0.3) is 0 Å². The van der Waals surface area contributed by atoms with Gasteiger partial charge in [0.05, 0.1) is 4.11 Å². The molecule has 1 heterocycles. The second-order valence-corrected chi connectivity index (χ2v) is 1.23. The highest BCUT2D eigenvalue weighted by Crippen LogP contribution is 2.01. The first-order valence-electron chi connectivity index (χ1n) is 4.99. The van der Waals surface area contributed by atoms with Crippen molar-refractivity contribution >= 4 is 5.82 Å². The van der Waals surface area contributed by atoms with Crippen LogP contribution >= 0.6 is 0 Å². The van der Waals surface area contributed by atoms with Crippen LogP contribution in [0, 0.1) is 6.85 Å². The maximum Gasteiger partial charge on any atom is 0.126 e. The van der Waals surface area contributed by atoms with Gasteiger partial charge in [-0.3, -0.25) is 0 Å². The molecule has 0 radical (unpaired) electrons. The second-order valence-electron chi connectivity index (χ2n) is 1.23. The van der Waals surface area contributed by atoms with Gasteiger partial charge in [0, 0.05) is 10.3 Å². The normalized spacial score (nSPS) is 21.5. The second kappa shape index (κ2) is 1.82. The van der Waals surface area contributed by atoms with Gasteiger partial charge in [0.1, 0.15) is 5.82 Å². The number of aromatic nitrogens is 1. The molecule has 0 saturated carbocycles. The lowest BCUT2D eigenvalue weighted by molar-refractivity contribution is 1.28. The molecule has 0 bridgehead atoms. The largest absolute Gasteiger partial charge is 0.383 e. The highest BCUT2D eigenvalue weighted by molar-refractivity contribution is 5.36. The number of nitrogens with zero attached hydrogens (tertiary/aromatic N) is 1. The summed E-state index contributed by atoms with van der Waals surface area (Å²) in [6, 6.07) is -1.08. The molecule has 1 rings (SSSR count). The fourth-order valence-electron chi connectivity index (χ4n) is 0.299. The number of hydrogen-bond donors (Lipinski definition) is 1. The average molecular weight is 114 g/mol. The summed E-state index contributed by atoms with van der Waals surface area (Å²) in [4.78, 5) is 3.38. The quantitative estimate of drug-likeness (QED) is 0.546. The van der Waals surface area contributed by atoms with Gasteiger partial charge in [-0.1, -0.05) is 6.04 Å². The van der Waals surface area contributed by atoms with Crippen LogP contribution in [-0.2, 0) is 0 Å². The highest BCUT2D eigenvalue weighted by Gasteiger charge is 1.86. The van der Waals surface area contributed by atoms with Crippen molar-refractivity contribution in [1.29, 1.82) is 0 Å². The van der Waals surface area contributed by atoms with Crippen molar-refractivity contribution in [2.75, 3.05) is 5.73 Å². The molecule has 0 aliphatic carbocycles. The van der Waals surface area contributed by atoms with E-state index in [1.807, 2.05) is 0 Å². The average Bonchev–Trinajstić information content (AvgIpc) is 1.97. The van der Waals surface area contributed by atoms with Crippen LogP contribution in [0.1, 0.15) is 13.8 Å². The zero-order chi connectivity index (χ0) is 11.1. The van der Waals surface area contributed by atoms with E-state index in [1.54, 1.807) is 0 Å². The van der Waals surface area contributed by atoms with Crippen molar-refractivity contribution in [3.63, 3.8) is 0 Å². The van der Waals surface area contributed by atoms with Crippen molar-refractivity contribution in [3.05, 3.63) is 23.8 Å². The molecule has 0 fully saturated rings. The summed E-state index contributed by atoms with van der Waals surface area (Å²) in [6.45, 7) is -2.57. The van der Waals surface area contributed by atoms with Crippen molar-refractivity contribution in [2.24, 2.45) is 0 Å². The van der Waals surface area contributed by atoms with Crippen LogP contribution in [0.3, 0.4) is 0 Å². The van der Waals surface area contributed by atoms with Crippen LogP contribution < -0.4 is 5.73 Å². The predicted molar refractivity (Wildman–Crippen MR) is 33.4 cm³/mol. The molecule has 42 valence electrons. The lowest BCUT2D eigenvalue weighted by Gasteiger charge is -1.92. The van der Waals surface area contributed by atoms with Crippen molar-refractivity contribution in [3.8, 4) is 0 Å². The van der Waals surface area contributed by atoms with Crippen LogP contribution in [0.15, 0.2) is 18.3 Å². The van der Waals surface area contributed by atoms with Gasteiger partial charge >= 0.3 is 0 Å². The molecule has 0 aliphatic rings. The van der Waals surface area contributed by atoms with E-state index in [0.717, 1.165) is 0 Å². The molecule has 2 heteroatoms. The SMILES string of the molecule is [2H]c1nc(N)c(C([2H])([2H])[2H])c([2H])c1[2H]. The van der Waals surface area contributed by atoms with Crippen LogP contribution in [0.5, 0.6) is 0 Å². The zero-order valence-corrected chi connectivity index (χ0v) is 4.02. The third kappa shape index (κ3) is 0.780. The first-order valence-corrected chi connectivity index (χ1v) is 1.99.